The topological polar surface area (TPSA) is 39.1 Å². The van der Waals surface area contributed by atoms with Crippen molar-refractivity contribution in [2.24, 2.45) is 4.99 Å². The Labute approximate surface area is 174 Å². The molecule has 2 aromatic rings. The molecule has 0 amide bonds. The molecule has 0 radical (unpaired) electrons. The van der Waals surface area contributed by atoms with E-state index in [2.05, 4.69) is 28.1 Å². The summed E-state index contributed by atoms with van der Waals surface area (Å²) in [7, 11) is 19.8. The van der Waals surface area contributed by atoms with Gasteiger partial charge in [-0.15, -0.1) is 0 Å². The molecule has 0 aliphatic carbocycles. The molecule has 1 unspecified atom stereocenters. The van der Waals surface area contributed by atoms with E-state index in [0.717, 1.165) is 22.2 Å². The summed E-state index contributed by atoms with van der Waals surface area (Å²) in [5.41, 5.74) is 3.00. The zero-order valence-corrected chi connectivity index (χ0v) is 19.7. The van der Waals surface area contributed by atoms with Crippen molar-refractivity contribution in [3.63, 3.8) is 0 Å². The molecule has 26 heavy (non-hydrogen) atoms. The van der Waals surface area contributed by atoms with Crippen molar-refractivity contribution in [3.8, 4) is 5.75 Å². The molecule has 1 N–H and O–H groups in total. The van der Waals surface area contributed by atoms with Gasteiger partial charge in [0, 0.05) is 52.4 Å². The number of hydrogen-bond acceptors (Lipinski definition) is 4. The molecule has 8 heteroatoms. The summed E-state index contributed by atoms with van der Waals surface area (Å²) >= 11 is -0.556. The Morgan fingerprint density at radius 3 is 2.19 bits per heavy atom. The fourth-order valence-electron chi connectivity index (χ4n) is 2.31. The molecule has 0 fully saturated rings. The molecule has 1 atom stereocenters. The molecule has 4 nitrogen and oxygen atoms in total. The van der Waals surface area contributed by atoms with E-state index in [1.165, 1.54) is 5.30 Å². The third-order valence-corrected chi connectivity index (χ3v) is 4.95. The summed E-state index contributed by atoms with van der Waals surface area (Å²) in [6.07, 6.45) is 1.86. The van der Waals surface area contributed by atoms with E-state index in [1.54, 1.807) is 7.05 Å². The number of aliphatic imine (C=N–C) groups is 1. The van der Waals surface area contributed by atoms with E-state index in [9.17, 15) is 5.11 Å². The van der Waals surface area contributed by atoms with Crippen LogP contribution in [0.2, 0.25) is 0 Å². The van der Waals surface area contributed by atoms with Crippen molar-refractivity contribution in [2.45, 2.75) is 0 Å². The van der Waals surface area contributed by atoms with Crippen molar-refractivity contribution in [1.82, 2.24) is 0 Å². The molecule has 2 rings (SSSR count). The number of halogens is 2. The fraction of sp³-hybridized carbons (Fsp3) is 0.278. The number of hydrogen-bond donors (Lipinski definition) is 1. The predicted molar refractivity (Wildman–Crippen MR) is 116 cm³/mol. The van der Waals surface area contributed by atoms with E-state index < -0.39 is 17.0 Å². The Hall–Kier alpha value is -0.766. The van der Waals surface area contributed by atoms with Gasteiger partial charge in [0.1, 0.15) is 5.75 Å². The van der Waals surface area contributed by atoms with Crippen molar-refractivity contribution in [3.05, 3.63) is 42.0 Å². The standard InChI is InChI=1S/C18H24N3OP.2ClH.Ti/c1-19-12-13-8-6-7-9-16(13)23-17-11-14(20(2)3)10-15(18(17)22)21(4)5;;;/h6-12,22-23H,1-5H3;2*1H;/q;;;+2/p-2. The van der Waals surface area contributed by atoms with E-state index >= 15 is 0 Å². The van der Waals surface area contributed by atoms with E-state index in [4.69, 9.17) is 18.6 Å². The van der Waals surface area contributed by atoms with Crippen LogP contribution >= 0.6 is 27.2 Å². The number of aromatic hydroxyl groups is 1. The Bertz CT molecular complexity index is 742. The Balaban J connectivity index is 0.00000105. The van der Waals surface area contributed by atoms with Gasteiger partial charge in [-0.05, 0) is 23.0 Å². The van der Waals surface area contributed by atoms with Crippen LogP contribution < -0.4 is 20.4 Å². The van der Waals surface area contributed by atoms with Crippen LogP contribution in [0.25, 0.3) is 0 Å². The van der Waals surface area contributed by atoms with Crippen LogP contribution in [0.1, 0.15) is 5.56 Å². The van der Waals surface area contributed by atoms with Crippen molar-refractivity contribution >= 4 is 55.4 Å². The van der Waals surface area contributed by atoms with E-state index in [1.807, 2.05) is 57.5 Å². The molecule has 0 saturated carbocycles. The minimum absolute atomic E-state index is 0.349. The van der Waals surface area contributed by atoms with Crippen LogP contribution in [0.4, 0.5) is 11.4 Å². The first-order chi connectivity index (χ1) is 12.3. The summed E-state index contributed by atoms with van der Waals surface area (Å²) < 4.78 is 0. The molecular formula is C18H24Cl2N3OPTi. The monoisotopic (exact) mass is 447 g/mol. The van der Waals surface area contributed by atoms with Crippen LogP contribution in [0, 0.1) is 0 Å². The number of rotatable bonds is 5. The summed E-state index contributed by atoms with van der Waals surface area (Å²) in [6.45, 7) is 0. The van der Waals surface area contributed by atoms with Gasteiger partial charge >= 0.3 is 35.6 Å². The summed E-state index contributed by atoms with van der Waals surface area (Å²) in [5, 5.41) is 12.8. The average molecular weight is 448 g/mol. The second-order valence-electron chi connectivity index (χ2n) is 5.82. The first kappa shape index (κ1) is 23.3. The summed E-state index contributed by atoms with van der Waals surface area (Å²) in [5.74, 6) is 0.349. The minimum atomic E-state index is -0.556. The van der Waals surface area contributed by atoms with Gasteiger partial charge in [-0.3, -0.25) is 4.99 Å². The van der Waals surface area contributed by atoms with Gasteiger partial charge in [-0.25, -0.2) is 0 Å². The Kier molecular flexibility index (Phi) is 10.6. The van der Waals surface area contributed by atoms with Crippen molar-refractivity contribution < 1.29 is 22.1 Å². The first-order valence-corrected chi connectivity index (χ1v) is 13.1. The maximum atomic E-state index is 10.7. The maximum absolute atomic E-state index is 10.7. The molecular weight excluding hydrogens is 424 g/mol. The Morgan fingerprint density at radius 2 is 1.65 bits per heavy atom. The van der Waals surface area contributed by atoms with Gasteiger partial charge in [0.15, 0.2) is 0 Å². The van der Waals surface area contributed by atoms with Crippen LogP contribution in [-0.4, -0.2) is 46.6 Å². The van der Waals surface area contributed by atoms with E-state index in [0.29, 0.717) is 14.3 Å². The zero-order valence-electron chi connectivity index (χ0n) is 15.6. The molecule has 0 heterocycles. The average Bonchev–Trinajstić information content (AvgIpc) is 2.58. The van der Waals surface area contributed by atoms with Gasteiger partial charge < -0.3 is 14.9 Å². The molecule has 2 aromatic carbocycles. The van der Waals surface area contributed by atoms with Gasteiger partial charge in [0.05, 0.1) is 5.69 Å². The van der Waals surface area contributed by atoms with E-state index in [-0.39, 0.29) is 0 Å². The SMILES string of the molecule is CN=Cc1ccccc1Pc1cc(N(C)C)cc(N(C)C)c1O.[Cl][Ti][Cl]. The summed E-state index contributed by atoms with van der Waals surface area (Å²) in [4.78, 5) is 8.12. The molecule has 0 saturated heterocycles. The van der Waals surface area contributed by atoms with Gasteiger partial charge in [0.25, 0.3) is 0 Å². The number of nitrogens with zero attached hydrogens (tertiary/aromatic N) is 3. The number of benzene rings is 2. The summed E-state index contributed by atoms with van der Waals surface area (Å²) in [6, 6.07) is 12.2. The Morgan fingerprint density at radius 1 is 1.04 bits per heavy atom. The second-order valence-corrected chi connectivity index (χ2v) is 9.73. The van der Waals surface area contributed by atoms with Gasteiger partial charge in [-0.1, -0.05) is 32.8 Å². The number of phenolic OH excluding ortho intramolecular Hbond substituents is 1. The van der Waals surface area contributed by atoms with Crippen LogP contribution in [-0.2, 0) is 17.0 Å². The van der Waals surface area contributed by atoms with Gasteiger partial charge in [0.2, 0.25) is 0 Å². The molecule has 0 aliphatic rings. The molecule has 0 spiro atoms. The predicted octanol–water partition coefficient (Wildman–Crippen LogP) is 3.58. The van der Waals surface area contributed by atoms with Gasteiger partial charge in [-0.2, -0.15) is 0 Å². The third-order valence-electron chi connectivity index (χ3n) is 3.57. The second kappa shape index (κ2) is 11.8. The zero-order chi connectivity index (χ0) is 19.7. The number of anilines is 2. The molecule has 140 valence electrons. The molecule has 0 aromatic heterocycles. The van der Waals surface area contributed by atoms with Crippen LogP contribution in [0.15, 0.2) is 41.4 Å². The van der Waals surface area contributed by atoms with Crippen LogP contribution in [0.3, 0.4) is 0 Å². The molecule has 0 bridgehead atoms. The normalized spacial score (nSPS) is 10.7. The molecule has 0 aliphatic heterocycles. The quantitative estimate of drug-likeness (QED) is 0.432. The fourth-order valence-corrected chi connectivity index (χ4v) is 3.53. The third kappa shape index (κ3) is 6.76. The van der Waals surface area contributed by atoms with Crippen LogP contribution in [0.5, 0.6) is 5.75 Å². The number of phenols is 1. The van der Waals surface area contributed by atoms with Crippen molar-refractivity contribution in [2.75, 3.05) is 45.0 Å². The first-order valence-electron chi connectivity index (χ1n) is 7.81. The van der Waals surface area contributed by atoms with Crippen molar-refractivity contribution in [1.29, 1.82) is 0 Å².